The maximum absolute atomic E-state index is 5.22. The van der Waals surface area contributed by atoms with Crippen LogP contribution in [0.25, 0.3) is 10.2 Å². The van der Waals surface area contributed by atoms with E-state index in [2.05, 4.69) is 30.2 Å². The molecule has 1 unspecified atom stereocenters. The number of methoxy groups -OCH3 is 1. The van der Waals surface area contributed by atoms with E-state index in [1.54, 1.807) is 18.4 Å². The molecule has 2 rings (SSSR count). The molecule has 17 heavy (non-hydrogen) atoms. The van der Waals surface area contributed by atoms with Crippen LogP contribution in [0, 0.1) is 0 Å². The van der Waals surface area contributed by atoms with Crippen molar-refractivity contribution in [1.29, 1.82) is 0 Å². The molecule has 92 valence electrons. The van der Waals surface area contributed by atoms with Gasteiger partial charge >= 0.3 is 0 Å². The molecule has 2 aromatic rings. The van der Waals surface area contributed by atoms with Gasteiger partial charge in [0.05, 0.1) is 22.3 Å². The van der Waals surface area contributed by atoms with Crippen LogP contribution in [-0.4, -0.2) is 24.7 Å². The Morgan fingerprint density at radius 1 is 1.47 bits per heavy atom. The summed E-state index contributed by atoms with van der Waals surface area (Å²) in [5.74, 6) is 0.896. The van der Waals surface area contributed by atoms with Crippen LogP contribution < -0.4 is 10.1 Å². The fourth-order valence-corrected chi connectivity index (χ4v) is 2.97. The normalized spacial score (nSPS) is 12.9. The van der Waals surface area contributed by atoms with Gasteiger partial charge in [-0.05, 0) is 31.7 Å². The quantitative estimate of drug-likeness (QED) is 0.886. The second-order valence-electron chi connectivity index (χ2n) is 4.10. The van der Waals surface area contributed by atoms with Crippen molar-refractivity contribution in [2.75, 3.05) is 13.7 Å². The molecule has 0 amide bonds. The molecule has 0 saturated heterocycles. The summed E-state index contributed by atoms with van der Waals surface area (Å²) in [6, 6.07) is 6.50. The van der Waals surface area contributed by atoms with Gasteiger partial charge in [-0.3, -0.25) is 0 Å². The lowest BCUT2D eigenvalue weighted by atomic mass is 10.2. The number of ether oxygens (including phenoxy) is 1. The van der Waals surface area contributed by atoms with E-state index in [9.17, 15) is 0 Å². The van der Waals surface area contributed by atoms with Gasteiger partial charge in [0.2, 0.25) is 0 Å². The average molecular weight is 250 g/mol. The molecule has 4 heteroatoms. The molecule has 0 aliphatic carbocycles. The molecule has 0 radical (unpaired) electrons. The smallest absolute Gasteiger partial charge is 0.120 e. The van der Waals surface area contributed by atoms with Crippen LogP contribution >= 0.6 is 11.3 Å². The minimum absolute atomic E-state index is 0.474. The van der Waals surface area contributed by atoms with Crippen molar-refractivity contribution < 1.29 is 4.74 Å². The van der Waals surface area contributed by atoms with Gasteiger partial charge in [0.1, 0.15) is 5.75 Å². The van der Waals surface area contributed by atoms with Gasteiger partial charge in [-0.1, -0.05) is 6.92 Å². The van der Waals surface area contributed by atoms with Gasteiger partial charge in [0.15, 0.2) is 0 Å². The molecule has 0 bridgehead atoms. The molecule has 1 heterocycles. The van der Waals surface area contributed by atoms with Gasteiger partial charge < -0.3 is 10.1 Å². The van der Waals surface area contributed by atoms with Crippen molar-refractivity contribution >= 4 is 21.6 Å². The lowest BCUT2D eigenvalue weighted by Crippen LogP contribution is -2.27. The lowest BCUT2D eigenvalue weighted by molar-refractivity contribution is 0.415. The zero-order valence-corrected chi connectivity index (χ0v) is 11.3. The first-order chi connectivity index (χ1) is 8.22. The first-order valence-corrected chi connectivity index (χ1v) is 6.71. The van der Waals surface area contributed by atoms with E-state index in [-0.39, 0.29) is 0 Å². The zero-order chi connectivity index (χ0) is 12.3. The third-order valence-electron chi connectivity index (χ3n) is 2.67. The molecule has 1 aromatic heterocycles. The highest BCUT2D eigenvalue weighted by molar-refractivity contribution is 7.18. The minimum atomic E-state index is 0.474. The Hall–Kier alpha value is -1.13. The standard InChI is InChI=1S/C13H18N2OS/c1-4-14-9(2)7-13-15-11-6-5-10(16-3)8-12(11)17-13/h5-6,8-9,14H,4,7H2,1-3H3. The van der Waals surface area contributed by atoms with E-state index < -0.39 is 0 Å². The monoisotopic (exact) mass is 250 g/mol. The lowest BCUT2D eigenvalue weighted by Gasteiger charge is -2.08. The van der Waals surface area contributed by atoms with Gasteiger partial charge in [-0.25, -0.2) is 4.98 Å². The number of hydrogen-bond donors (Lipinski definition) is 1. The molecule has 1 aromatic carbocycles. The van der Waals surface area contributed by atoms with Crippen LogP contribution in [0.5, 0.6) is 5.75 Å². The van der Waals surface area contributed by atoms with Crippen LogP contribution in [0.2, 0.25) is 0 Å². The fourth-order valence-electron chi connectivity index (χ4n) is 1.85. The van der Waals surface area contributed by atoms with Crippen molar-refractivity contribution in [2.45, 2.75) is 26.3 Å². The zero-order valence-electron chi connectivity index (χ0n) is 10.5. The first-order valence-electron chi connectivity index (χ1n) is 5.89. The van der Waals surface area contributed by atoms with E-state index in [1.165, 1.54) is 9.71 Å². The van der Waals surface area contributed by atoms with Crippen LogP contribution in [0.1, 0.15) is 18.9 Å². The van der Waals surface area contributed by atoms with E-state index in [4.69, 9.17) is 4.74 Å². The molecule has 0 spiro atoms. The average Bonchev–Trinajstić information content (AvgIpc) is 2.69. The second-order valence-corrected chi connectivity index (χ2v) is 5.22. The summed E-state index contributed by atoms with van der Waals surface area (Å²) in [4.78, 5) is 4.63. The first kappa shape index (κ1) is 12.3. The predicted molar refractivity (Wildman–Crippen MR) is 73.0 cm³/mol. The summed E-state index contributed by atoms with van der Waals surface area (Å²) in [5, 5.41) is 4.58. The number of aromatic nitrogens is 1. The fraction of sp³-hybridized carbons (Fsp3) is 0.462. The van der Waals surface area contributed by atoms with Crippen molar-refractivity contribution in [3.63, 3.8) is 0 Å². The van der Waals surface area contributed by atoms with Gasteiger partial charge in [-0.15, -0.1) is 11.3 Å². The topological polar surface area (TPSA) is 34.2 Å². The number of hydrogen-bond acceptors (Lipinski definition) is 4. The van der Waals surface area contributed by atoms with Crippen LogP contribution in [-0.2, 0) is 6.42 Å². The summed E-state index contributed by atoms with van der Waals surface area (Å²) < 4.78 is 6.42. The van der Waals surface area contributed by atoms with Crippen molar-refractivity contribution in [1.82, 2.24) is 10.3 Å². The van der Waals surface area contributed by atoms with Crippen molar-refractivity contribution in [2.24, 2.45) is 0 Å². The molecule has 3 nitrogen and oxygen atoms in total. The number of likely N-dealkylation sites (N-methyl/N-ethyl adjacent to an activating group) is 1. The van der Waals surface area contributed by atoms with E-state index in [1.807, 2.05) is 12.1 Å². The highest BCUT2D eigenvalue weighted by Crippen LogP contribution is 2.26. The van der Waals surface area contributed by atoms with Gasteiger partial charge in [0, 0.05) is 12.5 Å². The highest BCUT2D eigenvalue weighted by atomic mass is 32.1. The Kier molecular flexibility index (Phi) is 3.97. The summed E-state index contributed by atoms with van der Waals surface area (Å²) in [7, 11) is 1.69. The van der Waals surface area contributed by atoms with E-state index in [0.717, 1.165) is 24.2 Å². The molecular weight excluding hydrogens is 232 g/mol. The third kappa shape index (κ3) is 2.96. The maximum atomic E-state index is 5.22. The molecule has 1 atom stereocenters. The summed E-state index contributed by atoms with van der Waals surface area (Å²) >= 11 is 1.75. The van der Waals surface area contributed by atoms with Crippen LogP contribution in [0.3, 0.4) is 0 Å². The van der Waals surface area contributed by atoms with Crippen molar-refractivity contribution in [3.05, 3.63) is 23.2 Å². The molecule has 0 aliphatic rings. The van der Waals surface area contributed by atoms with E-state index in [0.29, 0.717) is 6.04 Å². The summed E-state index contributed by atoms with van der Waals surface area (Å²) in [6.07, 6.45) is 0.982. The molecule has 0 saturated carbocycles. The third-order valence-corrected chi connectivity index (χ3v) is 3.71. The highest BCUT2D eigenvalue weighted by Gasteiger charge is 2.08. The Labute approximate surface area is 106 Å². The Morgan fingerprint density at radius 2 is 2.29 bits per heavy atom. The van der Waals surface area contributed by atoms with Crippen LogP contribution in [0.4, 0.5) is 0 Å². The number of thiazole rings is 1. The summed E-state index contributed by atoms with van der Waals surface area (Å²) in [5.41, 5.74) is 1.06. The number of nitrogens with one attached hydrogen (secondary N) is 1. The SMILES string of the molecule is CCNC(C)Cc1nc2ccc(OC)cc2s1. The van der Waals surface area contributed by atoms with Crippen LogP contribution in [0.15, 0.2) is 18.2 Å². The Morgan fingerprint density at radius 3 is 3.00 bits per heavy atom. The Balaban J connectivity index is 2.19. The number of rotatable bonds is 5. The molecule has 1 N–H and O–H groups in total. The number of fused-ring (bicyclic) bond motifs is 1. The largest absolute Gasteiger partial charge is 0.497 e. The van der Waals surface area contributed by atoms with Gasteiger partial charge in [0.25, 0.3) is 0 Å². The Bertz CT molecular complexity index is 495. The molecule has 0 aliphatic heterocycles. The van der Waals surface area contributed by atoms with Crippen molar-refractivity contribution in [3.8, 4) is 5.75 Å². The number of nitrogens with zero attached hydrogens (tertiary/aromatic N) is 1. The predicted octanol–water partition coefficient (Wildman–Crippen LogP) is 2.85. The maximum Gasteiger partial charge on any atom is 0.120 e. The molecule has 0 fully saturated rings. The molecular formula is C13H18N2OS. The van der Waals surface area contributed by atoms with E-state index >= 15 is 0 Å². The minimum Gasteiger partial charge on any atom is -0.497 e. The van der Waals surface area contributed by atoms with Gasteiger partial charge in [-0.2, -0.15) is 0 Å². The summed E-state index contributed by atoms with van der Waals surface area (Å²) in [6.45, 7) is 5.32. The second kappa shape index (κ2) is 5.47. The number of benzene rings is 1.